The summed E-state index contributed by atoms with van der Waals surface area (Å²) in [6.45, 7) is 12.3. The molecule has 0 bridgehead atoms. The van der Waals surface area contributed by atoms with E-state index in [9.17, 15) is 14.9 Å². The van der Waals surface area contributed by atoms with Crippen molar-refractivity contribution in [3.63, 3.8) is 0 Å². The summed E-state index contributed by atoms with van der Waals surface area (Å²) in [6, 6.07) is 3.85. The number of rotatable bonds is 9. The Morgan fingerprint density at radius 3 is 2.61 bits per heavy atom. The topological polar surface area (TPSA) is 146 Å². The molecule has 0 aromatic carbocycles. The SMILES string of the molecule is CCOC(=O)c1c(C)oc2nc(COC(=O)/C(C#N)=C/c3cc(C)n(CCC(C)C)c3C)nc(N)c12. The van der Waals surface area contributed by atoms with Gasteiger partial charge in [-0.3, -0.25) is 0 Å². The van der Waals surface area contributed by atoms with Crippen LogP contribution in [0.1, 0.15) is 66.1 Å². The highest BCUT2D eigenvalue weighted by Crippen LogP contribution is 2.29. The molecule has 0 amide bonds. The van der Waals surface area contributed by atoms with E-state index in [0.717, 1.165) is 29.9 Å². The Balaban J connectivity index is 1.79. The van der Waals surface area contributed by atoms with Crippen molar-refractivity contribution in [3.05, 3.63) is 45.7 Å². The highest BCUT2D eigenvalue weighted by atomic mass is 16.5. The number of nitriles is 1. The predicted octanol–water partition coefficient (Wildman–Crippen LogP) is 4.40. The fourth-order valence-corrected chi connectivity index (χ4v) is 3.90. The Morgan fingerprint density at radius 1 is 1.25 bits per heavy atom. The van der Waals surface area contributed by atoms with Gasteiger partial charge in [0, 0.05) is 17.9 Å². The molecule has 3 aromatic heterocycles. The first-order valence-electron chi connectivity index (χ1n) is 11.8. The van der Waals surface area contributed by atoms with Crippen LogP contribution in [0.4, 0.5) is 5.82 Å². The fourth-order valence-electron chi connectivity index (χ4n) is 3.90. The molecule has 190 valence electrons. The summed E-state index contributed by atoms with van der Waals surface area (Å²) in [5.41, 5.74) is 8.96. The predicted molar refractivity (Wildman–Crippen MR) is 134 cm³/mol. The quantitative estimate of drug-likeness (QED) is 0.260. The van der Waals surface area contributed by atoms with Gasteiger partial charge >= 0.3 is 11.9 Å². The van der Waals surface area contributed by atoms with Gasteiger partial charge in [-0.15, -0.1) is 0 Å². The van der Waals surface area contributed by atoms with Crippen LogP contribution < -0.4 is 5.73 Å². The number of hydrogen-bond donors (Lipinski definition) is 1. The highest BCUT2D eigenvalue weighted by molar-refractivity contribution is 6.07. The largest absolute Gasteiger partial charge is 0.462 e. The molecule has 0 spiro atoms. The number of nitrogens with two attached hydrogens (primary N) is 1. The summed E-state index contributed by atoms with van der Waals surface area (Å²) in [5, 5.41) is 9.82. The van der Waals surface area contributed by atoms with Gasteiger partial charge in [0.15, 0.2) is 12.4 Å². The Hall–Kier alpha value is -4.13. The molecule has 0 aliphatic carbocycles. The lowest BCUT2D eigenvalue weighted by molar-refractivity contribution is -0.139. The van der Waals surface area contributed by atoms with Crippen LogP contribution in [0, 0.1) is 38.0 Å². The van der Waals surface area contributed by atoms with E-state index < -0.39 is 11.9 Å². The second kappa shape index (κ2) is 11.1. The Labute approximate surface area is 209 Å². The first kappa shape index (κ1) is 26.5. The summed E-state index contributed by atoms with van der Waals surface area (Å²) in [6.07, 6.45) is 2.55. The molecule has 36 heavy (non-hydrogen) atoms. The van der Waals surface area contributed by atoms with Gasteiger partial charge in [-0.2, -0.15) is 10.2 Å². The van der Waals surface area contributed by atoms with Crippen molar-refractivity contribution < 1.29 is 23.5 Å². The molecular weight excluding hydrogens is 462 g/mol. The van der Waals surface area contributed by atoms with E-state index in [2.05, 4.69) is 28.4 Å². The molecule has 0 unspecified atom stereocenters. The van der Waals surface area contributed by atoms with Gasteiger partial charge in [0.1, 0.15) is 28.8 Å². The molecule has 2 N–H and O–H groups in total. The van der Waals surface area contributed by atoms with Gasteiger partial charge in [-0.05, 0) is 57.7 Å². The summed E-state index contributed by atoms with van der Waals surface area (Å²) >= 11 is 0. The van der Waals surface area contributed by atoms with E-state index in [1.54, 1.807) is 13.8 Å². The average molecular weight is 494 g/mol. The van der Waals surface area contributed by atoms with Crippen LogP contribution in [-0.2, 0) is 27.4 Å². The number of hydrogen-bond acceptors (Lipinski definition) is 9. The van der Waals surface area contributed by atoms with Crippen molar-refractivity contribution in [2.24, 2.45) is 5.92 Å². The van der Waals surface area contributed by atoms with Crippen molar-refractivity contribution >= 4 is 34.9 Å². The van der Waals surface area contributed by atoms with Gasteiger partial charge in [0.25, 0.3) is 0 Å². The van der Waals surface area contributed by atoms with E-state index in [1.165, 1.54) is 6.08 Å². The Kier molecular flexibility index (Phi) is 8.14. The van der Waals surface area contributed by atoms with Crippen molar-refractivity contribution in [3.8, 4) is 6.07 Å². The maximum absolute atomic E-state index is 12.6. The molecule has 0 aliphatic heterocycles. The second-order valence-corrected chi connectivity index (χ2v) is 8.87. The highest BCUT2D eigenvalue weighted by Gasteiger charge is 2.24. The van der Waals surface area contributed by atoms with Gasteiger partial charge in [-0.1, -0.05) is 13.8 Å². The van der Waals surface area contributed by atoms with Crippen molar-refractivity contribution in [2.75, 3.05) is 12.3 Å². The molecule has 0 atom stereocenters. The smallest absolute Gasteiger partial charge is 0.349 e. The zero-order valence-electron chi connectivity index (χ0n) is 21.5. The normalized spacial score (nSPS) is 11.7. The summed E-state index contributed by atoms with van der Waals surface area (Å²) in [5.74, 6) is -0.478. The van der Waals surface area contributed by atoms with Crippen LogP contribution in [0.5, 0.6) is 0 Å². The minimum absolute atomic E-state index is 0.00385. The number of anilines is 1. The van der Waals surface area contributed by atoms with Crippen LogP contribution >= 0.6 is 0 Å². The number of aryl methyl sites for hydroxylation is 2. The average Bonchev–Trinajstić information content (AvgIpc) is 3.29. The molecule has 0 saturated carbocycles. The molecule has 0 fully saturated rings. The molecule has 3 rings (SSSR count). The lowest BCUT2D eigenvalue weighted by Gasteiger charge is -2.11. The number of furan rings is 1. The monoisotopic (exact) mass is 493 g/mol. The van der Waals surface area contributed by atoms with Crippen LogP contribution in [0.25, 0.3) is 17.2 Å². The fraction of sp³-hybridized carbons (Fsp3) is 0.423. The molecule has 0 radical (unpaired) electrons. The maximum Gasteiger partial charge on any atom is 0.349 e. The third-order valence-electron chi connectivity index (χ3n) is 5.80. The molecule has 3 heterocycles. The number of nitrogens with zero attached hydrogens (tertiary/aromatic N) is 4. The number of nitrogen functional groups attached to an aromatic ring is 1. The summed E-state index contributed by atoms with van der Waals surface area (Å²) in [7, 11) is 0. The minimum Gasteiger partial charge on any atom is -0.462 e. The third-order valence-corrected chi connectivity index (χ3v) is 5.80. The lowest BCUT2D eigenvalue weighted by Crippen LogP contribution is -2.11. The van der Waals surface area contributed by atoms with Crippen molar-refractivity contribution in [1.82, 2.24) is 14.5 Å². The van der Waals surface area contributed by atoms with E-state index in [1.807, 2.05) is 26.0 Å². The third kappa shape index (κ3) is 5.57. The van der Waals surface area contributed by atoms with E-state index >= 15 is 0 Å². The van der Waals surface area contributed by atoms with E-state index in [0.29, 0.717) is 11.7 Å². The van der Waals surface area contributed by atoms with Crippen molar-refractivity contribution in [1.29, 1.82) is 5.26 Å². The lowest BCUT2D eigenvalue weighted by atomic mass is 10.1. The van der Waals surface area contributed by atoms with E-state index in [-0.39, 0.29) is 47.1 Å². The molecular formula is C26H31N5O5. The molecule has 0 saturated heterocycles. The second-order valence-electron chi connectivity index (χ2n) is 8.87. The number of carbonyl (C=O) groups is 2. The zero-order chi connectivity index (χ0) is 26.6. The van der Waals surface area contributed by atoms with Gasteiger partial charge < -0.3 is 24.2 Å². The van der Waals surface area contributed by atoms with Crippen LogP contribution in [0.2, 0.25) is 0 Å². The molecule has 10 nitrogen and oxygen atoms in total. The number of ether oxygens (including phenoxy) is 2. The maximum atomic E-state index is 12.6. The van der Waals surface area contributed by atoms with Crippen molar-refractivity contribution in [2.45, 2.75) is 61.1 Å². The standard InChI is InChI=1S/C26H31N5O5/c1-7-34-26(33)21-17(6)36-24-22(21)23(28)29-20(30-24)13-35-25(32)19(12-27)11-18-10-15(4)31(16(18)5)9-8-14(2)3/h10-11,14H,7-9,13H2,1-6H3,(H2,28,29,30)/b19-11+. The molecule has 0 aliphatic rings. The summed E-state index contributed by atoms with van der Waals surface area (Å²) < 4.78 is 18.1. The van der Waals surface area contributed by atoms with Crippen LogP contribution in [0.3, 0.4) is 0 Å². The van der Waals surface area contributed by atoms with E-state index in [4.69, 9.17) is 19.6 Å². The zero-order valence-corrected chi connectivity index (χ0v) is 21.5. The number of aromatic nitrogens is 3. The summed E-state index contributed by atoms with van der Waals surface area (Å²) in [4.78, 5) is 33.3. The molecule has 10 heteroatoms. The number of fused-ring (bicyclic) bond motifs is 1. The minimum atomic E-state index is -0.811. The van der Waals surface area contributed by atoms with Crippen LogP contribution in [0.15, 0.2) is 16.1 Å². The Morgan fingerprint density at radius 2 is 1.97 bits per heavy atom. The number of esters is 2. The van der Waals surface area contributed by atoms with Gasteiger partial charge in [-0.25, -0.2) is 14.6 Å². The first-order valence-corrected chi connectivity index (χ1v) is 11.8. The van der Waals surface area contributed by atoms with Crippen LogP contribution in [-0.4, -0.2) is 33.1 Å². The first-order chi connectivity index (χ1) is 17.1. The number of carbonyl (C=O) groups excluding carboxylic acids is 2. The molecule has 3 aromatic rings. The Bertz CT molecular complexity index is 1370. The van der Waals surface area contributed by atoms with Gasteiger partial charge in [0.2, 0.25) is 5.71 Å². The van der Waals surface area contributed by atoms with Gasteiger partial charge in [0.05, 0.1) is 12.0 Å².